The highest BCUT2D eigenvalue weighted by atomic mass is 32.2. The number of aromatic nitrogens is 1. The van der Waals surface area contributed by atoms with Crippen LogP contribution in [0.2, 0.25) is 0 Å². The van der Waals surface area contributed by atoms with Crippen molar-refractivity contribution in [3.05, 3.63) is 205 Å². The smallest absolute Gasteiger partial charge is 0.122 e. The number of anilines is 3. The molecule has 0 radical (unpaired) electrons. The van der Waals surface area contributed by atoms with E-state index >= 15 is 0 Å². The summed E-state index contributed by atoms with van der Waals surface area (Å²) in [6.45, 7) is 4.80. The van der Waals surface area contributed by atoms with E-state index in [1.54, 1.807) is 0 Å². The minimum Gasteiger partial charge on any atom is -0.296 e. The van der Waals surface area contributed by atoms with Crippen LogP contribution in [0.15, 0.2) is 204 Å². The second-order valence-electron chi connectivity index (χ2n) is 16.4. The molecule has 0 bridgehead atoms. The molecule has 0 saturated carbocycles. The third kappa shape index (κ3) is 5.94. The minimum atomic E-state index is -0.203. The average Bonchev–Trinajstić information content (AvgIpc) is 4.10. The summed E-state index contributed by atoms with van der Waals surface area (Å²) in [5.41, 5.74) is 15.9. The van der Waals surface area contributed by atoms with Crippen LogP contribution < -0.4 is 4.90 Å². The lowest BCUT2D eigenvalue weighted by Gasteiger charge is -2.30. The molecule has 292 valence electrons. The number of rotatable bonds is 7. The summed E-state index contributed by atoms with van der Waals surface area (Å²) in [5.74, 6) is 1.08. The van der Waals surface area contributed by atoms with Crippen LogP contribution >= 0.6 is 34.9 Å². The van der Waals surface area contributed by atoms with Gasteiger partial charge >= 0.3 is 0 Å². The number of thioether (sulfide) groups is 2. The van der Waals surface area contributed by atoms with Gasteiger partial charge in [0, 0.05) is 63.1 Å². The Morgan fingerprint density at radius 2 is 1.20 bits per heavy atom. The Labute approximate surface area is 369 Å². The maximum Gasteiger partial charge on any atom is 0.122 e. The van der Waals surface area contributed by atoms with Crippen molar-refractivity contribution >= 4 is 72.2 Å². The standard InChI is InChI=1S/C56H40N2S3/c1-56(2)47-21-11-9-19-45(47)54-46(44-20-13-23-51-55(44)60-35-59-51)33-41(34-48(54)56)57(40-27-24-37(25-28-40)36-14-5-3-6-15-36)53-31-30-49(58(53)39-16-7-4-8-17-39)38-26-29-43-42-18-10-12-22-50(42)61-52(43)32-38/h3-34H,35H2,1-2H3. The Kier molecular flexibility index (Phi) is 8.67. The van der Waals surface area contributed by atoms with Gasteiger partial charge in [-0.15, -0.1) is 34.9 Å². The molecule has 0 amide bonds. The monoisotopic (exact) mass is 836 g/mol. The van der Waals surface area contributed by atoms with Crippen molar-refractivity contribution in [1.82, 2.24) is 4.57 Å². The van der Waals surface area contributed by atoms with Crippen LogP contribution in [0, 0.1) is 0 Å². The van der Waals surface area contributed by atoms with Gasteiger partial charge in [0.1, 0.15) is 5.82 Å². The van der Waals surface area contributed by atoms with Gasteiger partial charge in [-0.3, -0.25) is 9.47 Å². The normalized spacial score (nSPS) is 13.7. The topological polar surface area (TPSA) is 8.17 Å². The van der Waals surface area contributed by atoms with Gasteiger partial charge in [0.15, 0.2) is 0 Å². The molecule has 2 aliphatic rings. The van der Waals surface area contributed by atoms with Crippen LogP contribution in [0.25, 0.3) is 70.5 Å². The molecular weight excluding hydrogens is 797 g/mol. The number of benzene rings is 8. The van der Waals surface area contributed by atoms with E-state index < -0.39 is 0 Å². The van der Waals surface area contributed by atoms with Gasteiger partial charge in [-0.2, -0.15) is 0 Å². The lowest BCUT2D eigenvalue weighted by atomic mass is 9.81. The fourth-order valence-electron chi connectivity index (χ4n) is 9.69. The lowest BCUT2D eigenvalue weighted by molar-refractivity contribution is 0.660. The number of fused-ring (bicyclic) bond motifs is 7. The molecule has 0 spiro atoms. The highest BCUT2D eigenvalue weighted by Gasteiger charge is 2.39. The van der Waals surface area contributed by atoms with E-state index in [9.17, 15) is 0 Å². The lowest BCUT2D eigenvalue weighted by Crippen LogP contribution is -2.18. The summed E-state index contributed by atoms with van der Waals surface area (Å²) < 4.78 is 5.07. The van der Waals surface area contributed by atoms with E-state index in [2.05, 4.69) is 217 Å². The first kappa shape index (κ1) is 36.6. The number of nitrogens with zero attached hydrogens (tertiary/aromatic N) is 2. The van der Waals surface area contributed by atoms with Crippen molar-refractivity contribution in [2.45, 2.75) is 29.1 Å². The Balaban J connectivity index is 1.13. The second-order valence-corrected chi connectivity index (χ2v) is 19.9. The van der Waals surface area contributed by atoms with Crippen molar-refractivity contribution in [3.8, 4) is 50.3 Å². The predicted molar refractivity (Wildman–Crippen MR) is 264 cm³/mol. The van der Waals surface area contributed by atoms with Crippen LogP contribution in [-0.2, 0) is 5.41 Å². The molecule has 0 unspecified atom stereocenters. The predicted octanol–water partition coefficient (Wildman–Crippen LogP) is 16.8. The molecule has 0 N–H and O–H groups in total. The highest BCUT2D eigenvalue weighted by molar-refractivity contribution is 8.18. The SMILES string of the molecule is CC1(C)c2ccccc2-c2c(-c3cccc4c3SCS4)cc(N(c3ccc(-c4ccccc4)cc3)c3ccc(-c4ccc5c(c4)sc4ccccc45)n3-c3ccccc3)cc21. The summed E-state index contributed by atoms with van der Waals surface area (Å²) in [7, 11) is 0. The van der Waals surface area contributed by atoms with Crippen molar-refractivity contribution in [1.29, 1.82) is 0 Å². The third-order valence-corrected chi connectivity index (χ3v) is 16.2. The summed E-state index contributed by atoms with van der Waals surface area (Å²) in [6, 6.07) is 72.0. The van der Waals surface area contributed by atoms with E-state index in [4.69, 9.17) is 0 Å². The van der Waals surface area contributed by atoms with Gasteiger partial charge in [-0.05, 0) is 111 Å². The van der Waals surface area contributed by atoms with Gasteiger partial charge in [0.25, 0.3) is 0 Å². The Bertz CT molecular complexity index is 3310. The maximum atomic E-state index is 2.50. The molecule has 0 saturated heterocycles. The molecule has 1 aliphatic heterocycles. The Morgan fingerprint density at radius 3 is 2.05 bits per heavy atom. The summed E-state index contributed by atoms with van der Waals surface area (Å²) in [4.78, 5) is 5.26. The van der Waals surface area contributed by atoms with Crippen molar-refractivity contribution in [2.24, 2.45) is 0 Å². The fraction of sp³-hybridized carbons (Fsp3) is 0.0714. The van der Waals surface area contributed by atoms with E-state index in [0.717, 1.165) is 33.7 Å². The molecule has 1 aliphatic carbocycles. The molecule has 61 heavy (non-hydrogen) atoms. The third-order valence-electron chi connectivity index (χ3n) is 12.6. The average molecular weight is 837 g/mol. The van der Waals surface area contributed by atoms with Gasteiger partial charge in [0.2, 0.25) is 0 Å². The van der Waals surface area contributed by atoms with E-state index in [0.29, 0.717) is 0 Å². The van der Waals surface area contributed by atoms with Crippen LogP contribution in [0.5, 0.6) is 0 Å². The zero-order valence-corrected chi connectivity index (χ0v) is 36.3. The number of para-hydroxylation sites is 1. The largest absolute Gasteiger partial charge is 0.296 e. The van der Waals surface area contributed by atoms with Crippen LogP contribution in [-0.4, -0.2) is 9.65 Å². The van der Waals surface area contributed by atoms with Crippen molar-refractivity contribution in [3.63, 3.8) is 0 Å². The zero-order chi connectivity index (χ0) is 40.7. The molecule has 2 nitrogen and oxygen atoms in total. The van der Waals surface area contributed by atoms with Crippen LogP contribution in [0.3, 0.4) is 0 Å². The van der Waals surface area contributed by atoms with E-state index in [-0.39, 0.29) is 5.41 Å². The van der Waals surface area contributed by atoms with Crippen LogP contribution in [0.4, 0.5) is 17.2 Å². The second kappa shape index (κ2) is 14.5. The highest BCUT2D eigenvalue weighted by Crippen LogP contribution is 2.57. The molecule has 0 atom stereocenters. The first-order valence-corrected chi connectivity index (χ1v) is 23.6. The van der Waals surface area contributed by atoms with E-state index in [1.807, 2.05) is 34.9 Å². The summed E-state index contributed by atoms with van der Waals surface area (Å²) in [5, 5.41) is 3.66. The summed E-state index contributed by atoms with van der Waals surface area (Å²) >= 11 is 5.79. The first-order chi connectivity index (χ1) is 30.0. The van der Waals surface area contributed by atoms with E-state index in [1.165, 1.54) is 80.0 Å². The van der Waals surface area contributed by atoms with Crippen molar-refractivity contribution in [2.75, 3.05) is 9.98 Å². The number of hydrogen-bond donors (Lipinski definition) is 0. The molecule has 3 heterocycles. The molecular formula is C56H40N2S3. The number of hydrogen-bond acceptors (Lipinski definition) is 4. The zero-order valence-electron chi connectivity index (χ0n) is 33.8. The van der Waals surface area contributed by atoms with Gasteiger partial charge in [0.05, 0.1) is 5.69 Å². The van der Waals surface area contributed by atoms with Crippen molar-refractivity contribution < 1.29 is 0 Å². The summed E-state index contributed by atoms with van der Waals surface area (Å²) in [6.07, 6.45) is 0. The Hall–Kier alpha value is -6.24. The molecule has 5 heteroatoms. The molecule has 0 fully saturated rings. The fourth-order valence-corrected chi connectivity index (χ4v) is 13.4. The van der Waals surface area contributed by atoms with Crippen LogP contribution in [0.1, 0.15) is 25.0 Å². The Morgan fingerprint density at radius 1 is 0.492 bits per heavy atom. The quantitative estimate of drug-likeness (QED) is 0.158. The minimum absolute atomic E-state index is 0.203. The number of thiophene rings is 1. The molecule has 12 rings (SSSR count). The first-order valence-electron chi connectivity index (χ1n) is 20.8. The van der Waals surface area contributed by atoms with Gasteiger partial charge in [-0.1, -0.05) is 141 Å². The van der Waals surface area contributed by atoms with Gasteiger partial charge < -0.3 is 0 Å². The molecule has 10 aromatic rings. The molecule has 2 aromatic heterocycles. The molecule has 8 aromatic carbocycles. The maximum absolute atomic E-state index is 2.50. The van der Waals surface area contributed by atoms with Gasteiger partial charge in [-0.25, -0.2) is 0 Å².